The van der Waals surface area contributed by atoms with Crippen molar-refractivity contribution in [3.63, 3.8) is 0 Å². The van der Waals surface area contributed by atoms with E-state index in [0.29, 0.717) is 23.1 Å². The number of hydrogen-bond donors (Lipinski definition) is 2. The molecule has 3 N–H and O–H groups in total. The predicted molar refractivity (Wildman–Crippen MR) is 65.2 cm³/mol. The summed E-state index contributed by atoms with van der Waals surface area (Å²) in [6.45, 7) is 0.654. The van der Waals surface area contributed by atoms with Gasteiger partial charge in [-0.05, 0) is 23.8 Å². The first-order valence-electron chi connectivity index (χ1n) is 4.79. The summed E-state index contributed by atoms with van der Waals surface area (Å²) in [5, 5.41) is 3.67. The minimum atomic E-state index is 0.534. The van der Waals surface area contributed by atoms with E-state index in [4.69, 9.17) is 17.3 Å². The van der Waals surface area contributed by atoms with Crippen LogP contribution in [-0.2, 0) is 6.54 Å². The number of anilines is 2. The van der Waals surface area contributed by atoms with Crippen LogP contribution >= 0.6 is 11.6 Å². The lowest BCUT2D eigenvalue weighted by Crippen LogP contribution is -2.04. The molecule has 0 unspecified atom stereocenters. The Balaban J connectivity index is 2.05. The Morgan fingerprint density at radius 3 is 2.75 bits per heavy atom. The molecule has 0 aromatic carbocycles. The van der Waals surface area contributed by atoms with Crippen molar-refractivity contribution in [1.82, 2.24) is 9.97 Å². The van der Waals surface area contributed by atoms with Gasteiger partial charge in [0.2, 0.25) is 0 Å². The fourth-order valence-corrected chi connectivity index (χ4v) is 1.46. The van der Waals surface area contributed by atoms with E-state index in [2.05, 4.69) is 15.3 Å². The number of aromatic nitrogens is 2. The highest BCUT2D eigenvalue weighted by Crippen LogP contribution is 2.19. The van der Waals surface area contributed by atoms with Gasteiger partial charge in [0.15, 0.2) is 0 Å². The smallest absolute Gasteiger partial charge is 0.149 e. The molecule has 2 aromatic heterocycles. The zero-order valence-corrected chi connectivity index (χ0v) is 9.28. The number of halogens is 1. The van der Waals surface area contributed by atoms with Gasteiger partial charge in [-0.2, -0.15) is 0 Å². The van der Waals surface area contributed by atoms with E-state index < -0.39 is 0 Å². The number of nitrogens with two attached hydrogens (primary N) is 1. The molecular formula is C11H11ClN4. The van der Waals surface area contributed by atoms with Crippen LogP contribution in [-0.4, -0.2) is 9.97 Å². The topological polar surface area (TPSA) is 63.8 Å². The largest absolute Gasteiger partial charge is 0.396 e. The first-order valence-corrected chi connectivity index (χ1v) is 5.17. The first kappa shape index (κ1) is 10.7. The van der Waals surface area contributed by atoms with E-state index in [9.17, 15) is 0 Å². The number of rotatable bonds is 3. The summed E-state index contributed by atoms with van der Waals surface area (Å²) < 4.78 is 0. The third-order valence-electron chi connectivity index (χ3n) is 2.09. The van der Waals surface area contributed by atoms with Gasteiger partial charge in [-0.15, -0.1) is 0 Å². The molecule has 2 aromatic rings. The summed E-state index contributed by atoms with van der Waals surface area (Å²) in [7, 11) is 0. The average molecular weight is 235 g/mol. The summed E-state index contributed by atoms with van der Waals surface area (Å²) in [4.78, 5) is 8.05. The summed E-state index contributed by atoms with van der Waals surface area (Å²) in [6, 6.07) is 5.53. The number of hydrogen-bond acceptors (Lipinski definition) is 4. The van der Waals surface area contributed by atoms with E-state index >= 15 is 0 Å². The summed E-state index contributed by atoms with van der Waals surface area (Å²) in [5.74, 6) is 0.640. The van der Waals surface area contributed by atoms with Crippen molar-refractivity contribution in [3.05, 3.63) is 47.4 Å². The zero-order chi connectivity index (χ0) is 11.4. The van der Waals surface area contributed by atoms with E-state index in [1.165, 1.54) is 0 Å². The van der Waals surface area contributed by atoms with Crippen LogP contribution in [0.4, 0.5) is 11.5 Å². The van der Waals surface area contributed by atoms with Crippen molar-refractivity contribution in [1.29, 1.82) is 0 Å². The van der Waals surface area contributed by atoms with E-state index in [1.54, 1.807) is 24.7 Å². The molecule has 2 heterocycles. The van der Waals surface area contributed by atoms with Crippen molar-refractivity contribution in [2.75, 3.05) is 11.1 Å². The average Bonchev–Trinajstić information content (AvgIpc) is 2.29. The van der Waals surface area contributed by atoms with Crippen molar-refractivity contribution in [2.24, 2.45) is 0 Å². The molecule has 0 fully saturated rings. The van der Waals surface area contributed by atoms with Crippen LogP contribution in [0.2, 0.25) is 5.02 Å². The van der Waals surface area contributed by atoms with Crippen molar-refractivity contribution in [2.45, 2.75) is 6.54 Å². The minimum absolute atomic E-state index is 0.534. The van der Waals surface area contributed by atoms with Gasteiger partial charge in [-0.25, -0.2) is 4.98 Å². The molecule has 5 heteroatoms. The molecule has 0 saturated carbocycles. The Kier molecular flexibility index (Phi) is 3.22. The highest BCUT2D eigenvalue weighted by molar-refractivity contribution is 6.30. The Hall–Kier alpha value is -1.81. The quantitative estimate of drug-likeness (QED) is 0.856. The normalized spacial score (nSPS) is 10.1. The number of pyridine rings is 2. The van der Waals surface area contributed by atoms with Crippen LogP contribution in [0.15, 0.2) is 36.8 Å². The van der Waals surface area contributed by atoms with Gasteiger partial charge in [0.1, 0.15) is 5.82 Å². The van der Waals surface area contributed by atoms with Crippen LogP contribution in [0.5, 0.6) is 0 Å². The Morgan fingerprint density at radius 1 is 1.31 bits per heavy atom. The Labute approximate surface area is 98.5 Å². The second-order valence-corrected chi connectivity index (χ2v) is 3.74. The molecule has 0 saturated heterocycles. The van der Waals surface area contributed by atoms with Gasteiger partial charge in [-0.3, -0.25) is 4.98 Å². The maximum atomic E-state index is 5.76. The number of nitrogen functional groups attached to an aromatic ring is 1. The van der Waals surface area contributed by atoms with E-state index in [0.717, 1.165) is 5.56 Å². The third kappa shape index (κ3) is 2.61. The van der Waals surface area contributed by atoms with Crippen LogP contribution < -0.4 is 11.1 Å². The molecule has 2 rings (SSSR count). The molecule has 82 valence electrons. The molecular weight excluding hydrogens is 224 g/mol. The van der Waals surface area contributed by atoms with E-state index in [1.807, 2.05) is 12.1 Å². The number of nitrogens with one attached hydrogen (secondary N) is 1. The van der Waals surface area contributed by atoms with Crippen molar-refractivity contribution < 1.29 is 0 Å². The van der Waals surface area contributed by atoms with Gasteiger partial charge < -0.3 is 11.1 Å². The molecule has 0 amide bonds. The van der Waals surface area contributed by atoms with Crippen molar-refractivity contribution >= 4 is 23.1 Å². The third-order valence-corrected chi connectivity index (χ3v) is 2.30. The van der Waals surface area contributed by atoms with Gasteiger partial charge in [-0.1, -0.05) is 11.6 Å². The molecule has 16 heavy (non-hydrogen) atoms. The lowest BCUT2D eigenvalue weighted by atomic mass is 10.2. The molecule has 0 bridgehead atoms. The fraction of sp³-hybridized carbons (Fsp3) is 0.0909. The van der Waals surface area contributed by atoms with Gasteiger partial charge >= 0.3 is 0 Å². The molecule has 0 radical (unpaired) electrons. The molecule has 0 aliphatic carbocycles. The van der Waals surface area contributed by atoms with Crippen LogP contribution in [0.3, 0.4) is 0 Å². The monoisotopic (exact) mass is 234 g/mol. The Bertz CT molecular complexity index is 473. The maximum Gasteiger partial charge on any atom is 0.149 e. The molecule has 4 nitrogen and oxygen atoms in total. The summed E-state index contributed by atoms with van der Waals surface area (Å²) in [5.41, 5.74) is 7.42. The van der Waals surface area contributed by atoms with Crippen LogP contribution in [0.25, 0.3) is 0 Å². The summed E-state index contributed by atoms with van der Waals surface area (Å²) >= 11 is 5.76. The van der Waals surface area contributed by atoms with Crippen LogP contribution in [0, 0.1) is 0 Å². The summed E-state index contributed by atoms with van der Waals surface area (Å²) in [6.07, 6.45) is 5.05. The fourth-order valence-electron chi connectivity index (χ4n) is 1.29. The van der Waals surface area contributed by atoms with E-state index in [-0.39, 0.29) is 0 Å². The SMILES string of the molecule is Nc1cc(Cl)cnc1NCc1ccncc1. The molecule has 0 spiro atoms. The lowest BCUT2D eigenvalue weighted by Gasteiger charge is -2.07. The highest BCUT2D eigenvalue weighted by atomic mass is 35.5. The second kappa shape index (κ2) is 4.81. The van der Waals surface area contributed by atoms with Gasteiger partial charge in [0.25, 0.3) is 0 Å². The minimum Gasteiger partial charge on any atom is -0.396 e. The molecule has 0 aliphatic rings. The lowest BCUT2D eigenvalue weighted by molar-refractivity contribution is 1.10. The standard InChI is InChI=1S/C11H11ClN4/c12-9-5-10(13)11(16-7-9)15-6-8-1-3-14-4-2-8/h1-5,7H,6,13H2,(H,15,16). The van der Waals surface area contributed by atoms with Crippen LogP contribution in [0.1, 0.15) is 5.56 Å². The predicted octanol–water partition coefficient (Wildman–Crippen LogP) is 2.32. The molecule has 0 aliphatic heterocycles. The zero-order valence-electron chi connectivity index (χ0n) is 8.52. The maximum absolute atomic E-state index is 5.76. The first-order chi connectivity index (χ1) is 7.75. The highest BCUT2D eigenvalue weighted by Gasteiger charge is 2.00. The van der Waals surface area contributed by atoms with Crippen molar-refractivity contribution in [3.8, 4) is 0 Å². The second-order valence-electron chi connectivity index (χ2n) is 3.30. The number of nitrogens with zero attached hydrogens (tertiary/aromatic N) is 2. The molecule has 0 atom stereocenters. The van der Waals surface area contributed by atoms with Gasteiger partial charge in [0, 0.05) is 25.1 Å². The Morgan fingerprint density at radius 2 is 2.06 bits per heavy atom. The van der Waals surface area contributed by atoms with Gasteiger partial charge in [0.05, 0.1) is 10.7 Å².